The summed E-state index contributed by atoms with van der Waals surface area (Å²) >= 11 is 1.49. The lowest BCUT2D eigenvalue weighted by atomic mass is 10.2. The standard InChI is InChI=1S/C13H18N2O3S/c1-9-3-4-12(19-9)11(16)7-15-5-6-18-8-10(15)13(17)14-2/h3-4,10H,5-8H2,1-2H3,(H,14,17). The Hall–Kier alpha value is -1.24. The molecule has 5 nitrogen and oxygen atoms in total. The zero-order valence-electron chi connectivity index (χ0n) is 11.1. The number of nitrogens with zero attached hydrogens (tertiary/aromatic N) is 1. The highest BCUT2D eigenvalue weighted by molar-refractivity contribution is 7.14. The predicted molar refractivity (Wildman–Crippen MR) is 73.6 cm³/mol. The third-order valence-electron chi connectivity index (χ3n) is 3.15. The molecule has 0 bridgehead atoms. The monoisotopic (exact) mass is 282 g/mol. The number of likely N-dealkylation sites (N-methyl/N-ethyl adjacent to an activating group) is 1. The molecule has 6 heteroatoms. The summed E-state index contributed by atoms with van der Waals surface area (Å²) in [4.78, 5) is 27.7. The molecule has 1 aliphatic rings. The van der Waals surface area contributed by atoms with Crippen molar-refractivity contribution in [3.63, 3.8) is 0 Å². The summed E-state index contributed by atoms with van der Waals surface area (Å²) in [5.41, 5.74) is 0. The second-order valence-electron chi connectivity index (χ2n) is 4.51. The third kappa shape index (κ3) is 3.40. The maximum atomic E-state index is 12.2. The Balaban J connectivity index is 2.03. The number of carbonyl (C=O) groups excluding carboxylic acids is 2. The van der Waals surface area contributed by atoms with Gasteiger partial charge in [0.25, 0.3) is 0 Å². The fraction of sp³-hybridized carbons (Fsp3) is 0.538. The second kappa shape index (κ2) is 6.27. The van der Waals surface area contributed by atoms with Gasteiger partial charge in [-0.3, -0.25) is 14.5 Å². The number of rotatable bonds is 4. The van der Waals surface area contributed by atoms with Gasteiger partial charge in [0.2, 0.25) is 5.91 Å². The van der Waals surface area contributed by atoms with E-state index in [1.165, 1.54) is 11.3 Å². The predicted octanol–water partition coefficient (Wildman–Crippen LogP) is 0.686. The summed E-state index contributed by atoms with van der Waals surface area (Å²) in [6, 6.07) is 3.41. The van der Waals surface area contributed by atoms with Crippen LogP contribution in [0.15, 0.2) is 12.1 Å². The molecule has 0 aliphatic carbocycles. The van der Waals surface area contributed by atoms with Crippen molar-refractivity contribution in [3.8, 4) is 0 Å². The number of hydrogen-bond acceptors (Lipinski definition) is 5. The maximum absolute atomic E-state index is 12.2. The third-order valence-corrected chi connectivity index (χ3v) is 4.19. The molecular formula is C13H18N2O3S. The Bertz CT molecular complexity index is 472. The van der Waals surface area contributed by atoms with E-state index in [1.54, 1.807) is 7.05 Å². The van der Waals surface area contributed by atoms with Gasteiger partial charge in [-0.05, 0) is 19.1 Å². The molecule has 1 unspecified atom stereocenters. The number of nitrogens with one attached hydrogen (secondary N) is 1. The molecule has 1 atom stereocenters. The number of thiophene rings is 1. The number of hydrogen-bond donors (Lipinski definition) is 1. The van der Waals surface area contributed by atoms with E-state index in [2.05, 4.69) is 5.32 Å². The zero-order valence-corrected chi connectivity index (χ0v) is 12.0. The van der Waals surface area contributed by atoms with E-state index in [4.69, 9.17) is 4.74 Å². The number of morpholine rings is 1. The number of ketones is 1. The van der Waals surface area contributed by atoms with E-state index in [0.29, 0.717) is 19.8 Å². The molecule has 0 spiro atoms. The lowest BCUT2D eigenvalue weighted by Gasteiger charge is -2.33. The molecule has 0 aromatic carbocycles. The van der Waals surface area contributed by atoms with Crippen LogP contribution in [0.4, 0.5) is 0 Å². The lowest BCUT2D eigenvalue weighted by molar-refractivity contribution is -0.131. The summed E-state index contributed by atoms with van der Waals surface area (Å²) in [6.45, 7) is 3.75. The molecule has 1 aromatic heterocycles. The van der Waals surface area contributed by atoms with Crippen molar-refractivity contribution in [2.24, 2.45) is 0 Å². The molecule has 1 amide bonds. The van der Waals surface area contributed by atoms with Crippen LogP contribution in [-0.2, 0) is 9.53 Å². The van der Waals surface area contributed by atoms with Gasteiger partial charge in [0, 0.05) is 18.5 Å². The minimum absolute atomic E-state index is 0.0638. The van der Waals surface area contributed by atoms with Gasteiger partial charge in [-0.1, -0.05) is 0 Å². The van der Waals surface area contributed by atoms with Crippen molar-refractivity contribution in [1.82, 2.24) is 10.2 Å². The fourth-order valence-corrected chi connectivity index (χ4v) is 2.88. The average molecular weight is 282 g/mol. The summed E-state index contributed by atoms with van der Waals surface area (Å²) in [6.07, 6.45) is 0. The normalized spacial score (nSPS) is 20.2. The molecule has 2 rings (SSSR count). The lowest BCUT2D eigenvalue weighted by Crippen LogP contribution is -2.54. The maximum Gasteiger partial charge on any atom is 0.239 e. The molecule has 1 aliphatic heterocycles. The molecule has 1 aromatic rings. The van der Waals surface area contributed by atoms with Crippen LogP contribution in [0.25, 0.3) is 0 Å². The van der Waals surface area contributed by atoms with Crippen LogP contribution in [0.5, 0.6) is 0 Å². The van der Waals surface area contributed by atoms with Crippen LogP contribution >= 0.6 is 11.3 Å². The minimum atomic E-state index is -0.372. The Morgan fingerprint density at radius 1 is 1.53 bits per heavy atom. The highest BCUT2D eigenvalue weighted by atomic mass is 32.1. The smallest absolute Gasteiger partial charge is 0.239 e. The van der Waals surface area contributed by atoms with Gasteiger partial charge >= 0.3 is 0 Å². The average Bonchev–Trinajstić information content (AvgIpc) is 2.85. The number of ether oxygens (including phenoxy) is 1. The van der Waals surface area contributed by atoms with Crippen molar-refractivity contribution in [2.45, 2.75) is 13.0 Å². The van der Waals surface area contributed by atoms with E-state index >= 15 is 0 Å². The topological polar surface area (TPSA) is 58.6 Å². The van der Waals surface area contributed by atoms with E-state index in [9.17, 15) is 9.59 Å². The number of aryl methyl sites for hydroxylation is 1. The van der Waals surface area contributed by atoms with Crippen LogP contribution in [-0.4, -0.2) is 56.0 Å². The Morgan fingerprint density at radius 3 is 2.95 bits per heavy atom. The molecule has 19 heavy (non-hydrogen) atoms. The van der Waals surface area contributed by atoms with Crippen molar-refractivity contribution >= 4 is 23.0 Å². The van der Waals surface area contributed by atoms with Gasteiger partial charge in [-0.25, -0.2) is 0 Å². The van der Waals surface area contributed by atoms with Gasteiger partial charge in [0.15, 0.2) is 5.78 Å². The van der Waals surface area contributed by atoms with Crippen LogP contribution < -0.4 is 5.32 Å². The molecule has 1 saturated heterocycles. The zero-order chi connectivity index (χ0) is 13.8. The van der Waals surface area contributed by atoms with E-state index in [-0.39, 0.29) is 24.3 Å². The molecule has 0 saturated carbocycles. The first-order valence-electron chi connectivity index (χ1n) is 6.25. The summed E-state index contributed by atoms with van der Waals surface area (Å²) in [5.74, 6) is -0.0382. The Kier molecular flexibility index (Phi) is 4.68. The summed E-state index contributed by atoms with van der Waals surface area (Å²) < 4.78 is 5.32. The van der Waals surface area contributed by atoms with E-state index in [1.807, 2.05) is 24.0 Å². The SMILES string of the molecule is CNC(=O)C1COCCN1CC(=O)c1ccc(C)s1. The highest BCUT2D eigenvalue weighted by Gasteiger charge is 2.30. The molecule has 2 heterocycles. The first kappa shape index (κ1) is 14.2. The van der Waals surface area contributed by atoms with Gasteiger partial charge < -0.3 is 10.1 Å². The van der Waals surface area contributed by atoms with Gasteiger partial charge in [0.1, 0.15) is 6.04 Å². The minimum Gasteiger partial charge on any atom is -0.378 e. The first-order chi connectivity index (χ1) is 9.11. The highest BCUT2D eigenvalue weighted by Crippen LogP contribution is 2.17. The van der Waals surface area contributed by atoms with Crippen LogP contribution in [0.3, 0.4) is 0 Å². The molecule has 1 N–H and O–H groups in total. The number of Topliss-reactive ketones (excluding diaryl/α,β-unsaturated/α-hetero) is 1. The van der Waals surface area contributed by atoms with Gasteiger partial charge in [0.05, 0.1) is 24.6 Å². The Morgan fingerprint density at radius 2 is 2.32 bits per heavy atom. The van der Waals surface area contributed by atoms with Gasteiger partial charge in [-0.2, -0.15) is 0 Å². The largest absolute Gasteiger partial charge is 0.378 e. The number of amides is 1. The van der Waals surface area contributed by atoms with E-state index < -0.39 is 0 Å². The summed E-state index contributed by atoms with van der Waals surface area (Å²) in [5, 5.41) is 2.61. The molecular weight excluding hydrogens is 264 g/mol. The quantitative estimate of drug-likeness (QED) is 0.825. The summed E-state index contributed by atoms with van der Waals surface area (Å²) in [7, 11) is 1.60. The first-order valence-corrected chi connectivity index (χ1v) is 7.06. The van der Waals surface area contributed by atoms with Gasteiger partial charge in [-0.15, -0.1) is 11.3 Å². The number of carbonyl (C=O) groups is 2. The van der Waals surface area contributed by atoms with Crippen LogP contribution in [0.1, 0.15) is 14.5 Å². The van der Waals surface area contributed by atoms with E-state index in [0.717, 1.165) is 9.75 Å². The van der Waals surface area contributed by atoms with Crippen molar-refractivity contribution in [3.05, 3.63) is 21.9 Å². The van der Waals surface area contributed by atoms with Crippen molar-refractivity contribution in [2.75, 3.05) is 33.4 Å². The molecule has 1 fully saturated rings. The Labute approximate surface area is 116 Å². The van der Waals surface area contributed by atoms with Crippen LogP contribution in [0, 0.1) is 6.92 Å². The van der Waals surface area contributed by atoms with Crippen molar-refractivity contribution < 1.29 is 14.3 Å². The van der Waals surface area contributed by atoms with Crippen LogP contribution in [0.2, 0.25) is 0 Å². The molecule has 104 valence electrons. The van der Waals surface area contributed by atoms with Crippen molar-refractivity contribution in [1.29, 1.82) is 0 Å². The fourth-order valence-electron chi connectivity index (χ4n) is 2.08. The molecule has 0 radical (unpaired) electrons. The second-order valence-corrected chi connectivity index (χ2v) is 5.80.